The number of benzene rings is 1. The highest BCUT2D eigenvalue weighted by Gasteiger charge is 2.21. The summed E-state index contributed by atoms with van der Waals surface area (Å²) >= 11 is 1.78. The van der Waals surface area contributed by atoms with Gasteiger partial charge in [0.25, 0.3) is 0 Å². The summed E-state index contributed by atoms with van der Waals surface area (Å²) in [6.45, 7) is 5.47. The molecular weight excluding hydrogens is 322 g/mol. The largest absolute Gasteiger partial charge is 0.466 e. The van der Waals surface area contributed by atoms with Gasteiger partial charge in [-0.1, -0.05) is 32.0 Å². The number of ether oxygens (including phenoxy) is 1. The van der Waals surface area contributed by atoms with Gasteiger partial charge < -0.3 is 10.1 Å². The highest BCUT2D eigenvalue weighted by atomic mass is 32.2. The fourth-order valence-electron chi connectivity index (χ4n) is 2.02. The van der Waals surface area contributed by atoms with Crippen LogP contribution < -0.4 is 5.32 Å². The summed E-state index contributed by atoms with van der Waals surface area (Å²) in [6.07, 6.45) is 2.98. The zero-order valence-corrected chi connectivity index (χ0v) is 16.2. The maximum atomic E-state index is 11.5. The molecule has 0 heterocycles. The fourth-order valence-corrected chi connectivity index (χ4v) is 3.03. The number of carbonyl (C=O) groups is 2. The molecule has 0 saturated carbocycles. The van der Waals surface area contributed by atoms with Gasteiger partial charge in [0.2, 0.25) is 5.91 Å². The zero-order chi connectivity index (χ0) is 18.4. The van der Waals surface area contributed by atoms with Crippen molar-refractivity contribution in [2.45, 2.75) is 44.9 Å². The number of nitrogens with one attached hydrogen (secondary N) is 1. The van der Waals surface area contributed by atoms with Crippen molar-refractivity contribution >= 4 is 23.6 Å². The molecule has 1 aromatic carbocycles. The van der Waals surface area contributed by atoms with E-state index in [1.807, 2.05) is 32.0 Å². The quantitative estimate of drug-likeness (QED) is 0.652. The van der Waals surface area contributed by atoms with E-state index < -0.39 is 0 Å². The molecule has 1 N–H and O–H groups in total. The monoisotopic (exact) mass is 351 g/mol. The minimum absolute atomic E-state index is 0.00463. The van der Waals surface area contributed by atoms with Crippen molar-refractivity contribution in [3.05, 3.63) is 41.5 Å². The van der Waals surface area contributed by atoms with Gasteiger partial charge in [0, 0.05) is 30.2 Å². The Morgan fingerprint density at radius 3 is 2.25 bits per heavy atom. The average molecular weight is 352 g/mol. The van der Waals surface area contributed by atoms with Crippen molar-refractivity contribution in [1.29, 1.82) is 0 Å². The van der Waals surface area contributed by atoms with Crippen LogP contribution in [0.5, 0.6) is 0 Å². The maximum Gasteiger partial charge on any atom is 0.333 e. The average Bonchev–Trinajstić information content (AvgIpc) is 3.11. The van der Waals surface area contributed by atoms with Crippen LogP contribution in [0.2, 0.25) is 0 Å². The number of hydrogen-bond donors (Lipinski definition) is 1. The normalized spacial score (nSPS) is 12.4. The van der Waals surface area contributed by atoms with Gasteiger partial charge in [-0.2, -0.15) is 0 Å². The van der Waals surface area contributed by atoms with Crippen molar-refractivity contribution in [3.63, 3.8) is 0 Å². The van der Waals surface area contributed by atoms with Crippen LogP contribution in [0.4, 0.5) is 0 Å². The van der Waals surface area contributed by atoms with Gasteiger partial charge in [-0.3, -0.25) is 4.79 Å². The molecule has 0 bridgehead atoms. The molecule has 1 aliphatic rings. The second-order valence-corrected chi connectivity index (χ2v) is 5.88. The predicted molar refractivity (Wildman–Crippen MR) is 101 cm³/mol. The molecule has 1 amide bonds. The second-order valence-electron chi connectivity index (χ2n) is 4.84. The van der Waals surface area contributed by atoms with E-state index in [4.69, 9.17) is 4.74 Å². The molecule has 1 aromatic rings. The second kappa shape index (κ2) is 13.7. The number of carbonyl (C=O) groups excluding carboxylic acids is 2. The SMILES string of the molecule is CC.CNC(C)=O.COC(=O)C1=C(CSc2ccccc2)CCC1. The summed E-state index contributed by atoms with van der Waals surface area (Å²) in [5.74, 6) is 0.755. The van der Waals surface area contributed by atoms with Gasteiger partial charge in [0.15, 0.2) is 0 Å². The Hall–Kier alpha value is -1.75. The standard InChI is InChI=1S/C14H16O2S.C3H7NO.C2H6/c1-16-14(15)13-9-5-6-11(13)10-17-12-7-3-2-4-8-12;1-3(5)4-2;1-2/h2-4,7-8H,5-6,9-10H2,1H3;1-2H3,(H,4,5);1-2H3. The van der Waals surface area contributed by atoms with E-state index >= 15 is 0 Å². The van der Waals surface area contributed by atoms with Gasteiger partial charge in [-0.25, -0.2) is 4.79 Å². The van der Waals surface area contributed by atoms with E-state index in [0.717, 1.165) is 30.6 Å². The van der Waals surface area contributed by atoms with Gasteiger partial charge in [-0.05, 0) is 37.0 Å². The molecule has 0 aromatic heterocycles. The Morgan fingerprint density at radius 1 is 1.17 bits per heavy atom. The minimum Gasteiger partial charge on any atom is -0.466 e. The van der Waals surface area contributed by atoms with E-state index in [9.17, 15) is 9.59 Å². The highest BCUT2D eigenvalue weighted by molar-refractivity contribution is 7.99. The number of thioether (sulfide) groups is 1. The summed E-state index contributed by atoms with van der Waals surface area (Å²) in [5.41, 5.74) is 2.15. The summed E-state index contributed by atoms with van der Waals surface area (Å²) in [5, 5.41) is 2.39. The predicted octanol–water partition coefficient (Wildman–Crippen LogP) is 4.21. The summed E-state index contributed by atoms with van der Waals surface area (Å²) < 4.78 is 4.81. The van der Waals surface area contributed by atoms with Crippen molar-refractivity contribution in [2.75, 3.05) is 19.9 Å². The molecule has 2 rings (SSSR count). The topological polar surface area (TPSA) is 55.4 Å². The number of esters is 1. The molecule has 0 unspecified atom stereocenters. The smallest absolute Gasteiger partial charge is 0.333 e. The Labute approximate surface area is 150 Å². The molecule has 4 nitrogen and oxygen atoms in total. The summed E-state index contributed by atoms with van der Waals surface area (Å²) in [4.78, 5) is 22.5. The number of hydrogen-bond acceptors (Lipinski definition) is 4. The molecular formula is C19H29NO3S. The molecule has 0 aliphatic heterocycles. The summed E-state index contributed by atoms with van der Waals surface area (Å²) in [7, 11) is 3.05. The van der Waals surface area contributed by atoms with Crippen LogP contribution in [0.25, 0.3) is 0 Å². The number of amides is 1. The van der Waals surface area contributed by atoms with E-state index in [1.165, 1.54) is 24.5 Å². The lowest BCUT2D eigenvalue weighted by Gasteiger charge is -2.05. The Kier molecular flexibility index (Phi) is 12.7. The molecule has 1 aliphatic carbocycles. The minimum atomic E-state index is -0.147. The van der Waals surface area contributed by atoms with Crippen LogP contribution >= 0.6 is 11.8 Å². The van der Waals surface area contributed by atoms with Crippen LogP contribution in [0.3, 0.4) is 0 Å². The Bertz CT molecular complexity index is 527. The van der Waals surface area contributed by atoms with Crippen LogP contribution in [0.1, 0.15) is 40.0 Å². The van der Waals surface area contributed by atoms with Crippen LogP contribution in [-0.2, 0) is 14.3 Å². The van der Waals surface area contributed by atoms with E-state index in [-0.39, 0.29) is 11.9 Å². The molecule has 134 valence electrons. The van der Waals surface area contributed by atoms with Gasteiger partial charge >= 0.3 is 5.97 Å². The third kappa shape index (κ3) is 8.77. The van der Waals surface area contributed by atoms with Crippen molar-refractivity contribution in [3.8, 4) is 0 Å². The molecule has 0 atom stereocenters. The number of methoxy groups -OCH3 is 1. The highest BCUT2D eigenvalue weighted by Crippen LogP contribution is 2.31. The maximum absolute atomic E-state index is 11.5. The van der Waals surface area contributed by atoms with Gasteiger partial charge in [0.05, 0.1) is 7.11 Å². The molecule has 5 heteroatoms. The van der Waals surface area contributed by atoms with Gasteiger partial charge in [0.1, 0.15) is 0 Å². The van der Waals surface area contributed by atoms with Crippen LogP contribution in [0.15, 0.2) is 46.4 Å². The van der Waals surface area contributed by atoms with Crippen LogP contribution in [-0.4, -0.2) is 31.8 Å². The van der Waals surface area contributed by atoms with E-state index in [0.29, 0.717) is 0 Å². The number of rotatable bonds is 4. The van der Waals surface area contributed by atoms with E-state index in [1.54, 1.807) is 18.8 Å². The molecule has 0 spiro atoms. The first-order chi connectivity index (χ1) is 11.6. The Morgan fingerprint density at radius 2 is 1.75 bits per heavy atom. The first kappa shape index (κ1) is 22.2. The van der Waals surface area contributed by atoms with Crippen molar-refractivity contribution in [2.24, 2.45) is 0 Å². The third-order valence-corrected chi connectivity index (χ3v) is 4.37. The molecule has 0 radical (unpaired) electrons. The van der Waals surface area contributed by atoms with Crippen LogP contribution in [0, 0.1) is 0 Å². The third-order valence-electron chi connectivity index (χ3n) is 3.27. The van der Waals surface area contributed by atoms with Gasteiger partial charge in [-0.15, -0.1) is 11.8 Å². The fraction of sp³-hybridized carbons (Fsp3) is 0.474. The zero-order valence-electron chi connectivity index (χ0n) is 15.3. The van der Waals surface area contributed by atoms with E-state index in [2.05, 4.69) is 17.4 Å². The lowest BCUT2D eigenvalue weighted by molar-refractivity contribution is -0.136. The lowest BCUT2D eigenvalue weighted by atomic mass is 10.2. The van der Waals surface area contributed by atoms with Crippen molar-refractivity contribution in [1.82, 2.24) is 5.32 Å². The first-order valence-corrected chi connectivity index (χ1v) is 9.22. The van der Waals surface area contributed by atoms with Crippen molar-refractivity contribution < 1.29 is 14.3 Å². The Balaban J connectivity index is 0.000000650. The first-order valence-electron chi connectivity index (χ1n) is 8.23. The molecule has 0 saturated heterocycles. The molecule has 24 heavy (non-hydrogen) atoms. The molecule has 0 fully saturated rings. The lowest BCUT2D eigenvalue weighted by Crippen LogP contribution is -2.11. The summed E-state index contributed by atoms with van der Waals surface area (Å²) in [6, 6.07) is 10.3.